The van der Waals surface area contributed by atoms with Gasteiger partial charge >= 0.3 is 0 Å². The Morgan fingerprint density at radius 2 is 2.24 bits per heavy atom. The third-order valence-corrected chi connectivity index (χ3v) is 3.60. The molecule has 0 aromatic carbocycles. The molecule has 17 heavy (non-hydrogen) atoms. The molecule has 2 heterocycles. The number of hydrogen-bond donors (Lipinski definition) is 1. The highest BCUT2D eigenvalue weighted by Crippen LogP contribution is 2.16. The van der Waals surface area contributed by atoms with Gasteiger partial charge in [0.25, 0.3) is 0 Å². The van der Waals surface area contributed by atoms with E-state index < -0.39 is 0 Å². The van der Waals surface area contributed by atoms with E-state index in [1.807, 2.05) is 0 Å². The van der Waals surface area contributed by atoms with E-state index in [1.165, 1.54) is 0 Å². The lowest BCUT2D eigenvalue weighted by Gasteiger charge is -2.18. The first kappa shape index (κ1) is 13.0. The molecule has 0 radical (unpaired) electrons. The minimum atomic E-state index is 0.352. The SMILES string of the molecule is O=C(CCC1CCCO1)CN1CCCNCC1. The number of nitrogens with one attached hydrogen (secondary N) is 1. The Hall–Kier alpha value is -0.450. The van der Waals surface area contributed by atoms with Crippen molar-refractivity contribution in [1.29, 1.82) is 0 Å². The van der Waals surface area contributed by atoms with E-state index in [9.17, 15) is 4.79 Å². The summed E-state index contributed by atoms with van der Waals surface area (Å²) in [5.74, 6) is 0.377. The Morgan fingerprint density at radius 1 is 1.29 bits per heavy atom. The molecule has 0 spiro atoms. The number of Topliss-reactive ketones (excluding diaryl/α,β-unsaturated/α-hetero) is 1. The van der Waals surface area contributed by atoms with E-state index in [4.69, 9.17) is 4.74 Å². The van der Waals surface area contributed by atoms with Crippen LogP contribution in [0.3, 0.4) is 0 Å². The van der Waals surface area contributed by atoms with Gasteiger partial charge in [0.2, 0.25) is 0 Å². The molecule has 2 rings (SSSR count). The van der Waals surface area contributed by atoms with Gasteiger partial charge < -0.3 is 10.1 Å². The van der Waals surface area contributed by atoms with Crippen molar-refractivity contribution in [3.8, 4) is 0 Å². The molecular weight excluding hydrogens is 216 g/mol. The molecule has 0 amide bonds. The van der Waals surface area contributed by atoms with Crippen molar-refractivity contribution >= 4 is 5.78 Å². The van der Waals surface area contributed by atoms with Crippen LogP contribution in [-0.4, -0.2) is 56.1 Å². The summed E-state index contributed by atoms with van der Waals surface area (Å²) >= 11 is 0. The number of rotatable bonds is 5. The summed E-state index contributed by atoms with van der Waals surface area (Å²) in [4.78, 5) is 14.1. The van der Waals surface area contributed by atoms with Gasteiger partial charge in [0, 0.05) is 26.1 Å². The van der Waals surface area contributed by atoms with Crippen LogP contribution >= 0.6 is 0 Å². The summed E-state index contributed by atoms with van der Waals surface area (Å²) in [6.45, 7) is 5.68. The molecule has 4 nitrogen and oxygen atoms in total. The Morgan fingerprint density at radius 3 is 3.06 bits per heavy atom. The minimum absolute atomic E-state index is 0.352. The number of ketones is 1. The number of ether oxygens (including phenoxy) is 1. The Kier molecular flexibility index (Phi) is 5.42. The van der Waals surface area contributed by atoms with Crippen LogP contribution in [-0.2, 0) is 9.53 Å². The topological polar surface area (TPSA) is 41.6 Å². The smallest absolute Gasteiger partial charge is 0.146 e. The first-order chi connectivity index (χ1) is 8.34. The fraction of sp³-hybridized carbons (Fsp3) is 0.923. The highest BCUT2D eigenvalue weighted by atomic mass is 16.5. The van der Waals surface area contributed by atoms with E-state index in [0.717, 1.165) is 58.5 Å². The summed E-state index contributed by atoms with van der Waals surface area (Å²) in [5, 5.41) is 3.35. The van der Waals surface area contributed by atoms with Crippen LogP contribution in [0.25, 0.3) is 0 Å². The second-order valence-corrected chi connectivity index (χ2v) is 5.09. The number of carbonyl (C=O) groups excluding carboxylic acids is 1. The molecule has 2 saturated heterocycles. The van der Waals surface area contributed by atoms with Crippen LogP contribution in [0.5, 0.6) is 0 Å². The Labute approximate surface area is 104 Å². The molecule has 98 valence electrons. The molecule has 0 aliphatic carbocycles. The summed E-state index contributed by atoms with van der Waals surface area (Å²) in [6.07, 6.45) is 5.42. The van der Waals surface area contributed by atoms with Crippen molar-refractivity contribution in [2.45, 2.75) is 38.2 Å². The lowest BCUT2D eigenvalue weighted by atomic mass is 10.1. The minimum Gasteiger partial charge on any atom is -0.378 e. The highest BCUT2D eigenvalue weighted by Gasteiger charge is 2.18. The molecule has 0 bridgehead atoms. The van der Waals surface area contributed by atoms with E-state index >= 15 is 0 Å². The van der Waals surface area contributed by atoms with Crippen molar-refractivity contribution in [3.05, 3.63) is 0 Å². The van der Waals surface area contributed by atoms with E-state index in [-0.39, 0.29) is 0 Å². The quantitative estimate of drug-likeness (QED) is 0.772. The van der Waals surface area contributed by atoms with E-state index in [2.05, 4.69) is 10.2 Å². The molecular formula is C13H24N2O2. The van der Waals surface area contributed by atoms with Crippen molar-refractivity contribution in [2.24, 2.45) is 0 Å². The van der Waals surface area contributed by atoms with Gasteiger partial charge in [0.05, 0.1) is 12.6 Å². The molecule has 1 N–H and O–H groups in total. The van der Waals surface area contributed by atoms with Crippen molar-refractivity contribution in [2.75, 3.05) is 39.3 Å². The second-order valence-electron chi connectivity index (χ2n) is 5.09. The van der Waals surface area contributed by atoms with Gasteiger partial charge in [-0.25, -0.2) is 0 Å². The van der Waals surface area contributed by atoms with Crippen LogP contribution in [0, 0.1) is 0 Å². The molecule has 1 unspecified atom stereocenters. The van der Waals surface area contributed by atoms with Crippen LogP contribution in [0.4, 0.5) is 0 Å². The molecule has 2 aliphatic rings. The lowest BCUT2D eigenvalue weighted by Crippen LogP contribution is -2.33. The van der Waals surface area contributed by atoms with E-state index in [0.29, 0.717) is 24.9 Å². The van der Waals surface area contributed by atoms with Gasteiger partial charge in [0.1, 0.15) is 5.78 Å². The second kappa shape index (κ2) is 7.09. The van der Waals surface area contributed by atoms with Gasteiger partial charge in [-0.1, -0.05) is 0 Å². The van der Waals surface area contributed by atoms with Crippen molar-refractivity contribution < 1.29 is 9.53 Å². The summed E-state index contributed by atoms with van der Waals surface area (Å²) in [5.41, 5.74) is 0. The molecule has 0 aromatic rings. The zero-order valence-electron chi connectivity index (χ0n) is 10.6. The van der Waals surface area contributed by atoms with Gasteiger partial charge in [0.15, 0.2) is 0 Å². The highest BCUT2D eigenvalue weighted by molar-refractivity contribution is 5.80. The van der Waals surface area contributed by atoms with Crippen LogP contribution in [0.1, 0.15) is 32.1 Å². The van der Waals surface area contributed by atoms with Crippen molar-refractivity contribution in [3.63, 3.8) is 0 Å². The maximum absolute atomic E-state index is 11.9. The molecule has 1 atom stereocenters. The zero-order chi connectivity index (χ0) is 11.9. The molecule has 2 fully saturated rings. The average molecular weight is 240 g/mol. The van der Waals surface area contributed by atoms with Gasteiger partial charge in [-0.05, 0) is 38.8 Å². The van der Waals surface area contributed by atoms with Gasteiger partial charge in [-0.2, -0.15) is 0 Å². The first-order valence-electron chi connectivity index (χ1n) is 6.91. The summed E-state index contributed by atoms with van der Waals surface area (Å²) < 4.78 is 5.54. The summed E-state index contributed by atoms with van der Waals surface area (Å²) in [7, 11) is 0. The first-order valence-corrected chi connectivity index (χ1v) is 6.91. The third-order valence-electron chi connectivity index (χ3n) is 3.60. The number of hydrogen-bond acceptors (Lipinski definition) is 4. The van der Waals surface area contributed by atoms with Gasteiger partial charge in [-0.15, -0.1) is 0 Å². The van der Waals surface area contributed by atoms with Gasteiger partial charge in [-0.3, -0.25) is 9.69 Å². The fourth-order valence-corrected chi connectivity index (χ4v) is 2.58. The summed E-state index contributed by atoms with van der Waals surface area (Å²) in [6, 6.07) is 0. The maximum Gasteiger partial charge on any atom is 0.146 e. The monoisotopic (exact) mass is 240 g/mol. The molecule has 0 aromatic heterocycles. The van der Waals surface area contributed by atoms with Crippen molar-refractivity contribution in [1.82, 2.24) is 10.2 Å². The molecule has 0 saturated carbocycles. The zero-order valence-corrected chi connectivity index (χ0v) is 10.6. The predicted octanol–water partition coefficient (Wildman–Crippen LogP) is 0.810. The van der Waals surface area contributed by atoms with Crippen LogP contribution < -0.4 is 5.32 Å². The van der Waals surface area contributed by atoms with Crippen LogP contribution in [0.2, 0.25) is 0 Å². The standard InChI is InChI=1S/C13H24N2O2/c16-12(4-5-13-3-1-10-17-13)11-15-8-2-6-14-7-9-15/h13-14H,1-11H2. The maximum atomic E-state index is 11.9. The van der Waals surface area contributed by atoms with Crippen LogP contribution in [0.15, 0.2) is 0 Å². The number of carbonyl (C=O) groups is 1. The normalized spacial score (nSPS) is 26.9. The van der Waals surface area contributed by atoms with E-state index in [1.54, 1.807) is 0 Å². The Balaban J connectivity index is 1.61. The fourth-order valence-electron chi connectivity index (χ4n) is 2.58. The molecule has 2 aliphatic heterocycles. The average Bonchev–Trinajstić information content (AvgIpc) is 2.72. The third kappa shape index (κ3) is 4.74. The molecule has 4 heteroatoms. The Bertz CT molecular complexity index is 232. The lowest BCUT2D eigenvalue weighted by molar-refractivity contribution is -0.120. The number of nitrogens with zero attached hydrogens (tertiary/aromatic N) is 1. The largest absolute Gasteiger partial charge is 0.378 e. The predicted molar refractivity (Wildman–Crippen MR) is 67.1 cm³/mol.